The zero-order chi connectivity index (χ0) is 21.1. The topological polar surface area (TPSA) is 105 Å². The molecule has 10 heteroatoms. The molecule has 30 heavy (non-hydrogen) atoms. The number of fused-ring (bicyclic) bond motifs is 1. The van der Waals surface area contributed by atoms with E-state index in [4.69, 9.17) is 4.74 Å². The van der Waals surface area contributed by atoms with Gasteiger partial charge in [-0.25, -0.2) is 14.8 Å². The van der Waals surface area contributed by atoms with Crippen LogP contribution in [0.15, 0.2) is 30.6 Å². The van der Waals surface area contributed by atoms with Crippen molar-refractivity contribution in [3.63, 3.8) is 0 Å². The Morgan fingerprint density at radius 1 is 1.07 bits per heavy atom. The fourth-order valence-corrected chi connectivity index (χ4v) is 3.98. The van der Waals surface area contributed by atoms with Crippen LogP contribution < -0.4 is 9.80 Å². The Labute approximate surface area is 174 Å². The number of hydrogen-bond donors (Lipinski definition) is 0. The first kappa shape index (κ1) is 19.9. The van der Waals surface area contributed by atoms with E-state index in [2.05, 4.69) is 16.0 Å². The van der Waals surface area contributed by atoms with E-state index < -0.39 is 4.92 Å². The second kappa shape index (κ2) is 8.52. The van der Waals surface area contributed by atoms with Crippen LogP contribution in [0.3, 0.4) is 0 Å². The number of nitro groups is 1. The molecule has 0 radical (unpaired) electrons. The van der Waals surface area contributed by atoms with Gasteiger partial charge in [0.2, 0.25) is 11.6 Å². The molecule has 2 aliphatic heterocycles. The van der Waals surface area contributed by atoms with E-state index in [0.29, 0.717) is 57.5 Å². The number of piperazine rings is 1. The molecule has 2 aromatic rings. The lowest BCUT2D eigenvalue weighted by atomic mass is 10.00. The van der Waals surface area contributed by atoms with Gasteiger partial charge in [-0.05, 0) is 24.5 Å². The van der Waals surface area contributed by atoms with Gasteiger partial charge >= 0.3 is 11.8 Å². The molecule has 1 aromatic carbocycles. The molecular formula is C20H24N6O4. The molecule has 2 aliphatic rings. The Balaban J connectivity index is 1.57. The normalized spacial score (nSPS) is 16.2. The number of rotatable bonds is 4. The second-order valence-corrected chi connectivity index (χ2v) is 7.24. The fourth-order valence-electron chi connectivity index (χ4n) is 3.98. The summed E-state index contributed by atoms with van der Waals surface area (Å²) in [4.78, 5) is 37.5. The number of anilines is 2. The van der Waals surface area contributed by atoms with E-state index in [9.17, 15) is 14.9 Å². The van der Waals surface area contributed by atoms with Gasteiger partial charge in [-0.15, -0.1) is 0 Å². The van der Waals surface area contributed by atoms with E-state index >= 15 is 0 Å². The molecule has 1 fully saturated rings. The van der Waals surface area contributed by atoms with Crippen molar-refractivity contribution in [1.29, 1.82) is 0 Å². The molecule has 0 N–H and O–H groups in total. The first-order valence-corrected chi connectivity index (χ1v) is 10.1. The minimum absolute atomic E-state index is 0.0820. The van der Waals surface area contributed by atoms with Crippen molar-refractivity contribution in [2.24, 2.45) is 0 Å². The molecule has 0 atom stereocenters. The van der Waals surface area contributed by atoms with Crippen molar-refractivity contribution in [2.45, 2.75) is 19.9 Å². The van der Waals surface area contributed by atoms with E-state index in [1.165, 1.54) is 11.9 Å². The molecule has 0 spiro atoms. The SMILES string of the molecule is CCOC(=O)N1CCN(c2ncnc(N3CCc4ccccc4C3)c2[N+](=O)[O-])CC1. The van der Waals surface area contributed by atoms with E-state index in [1.54, 1.807) is 11.8 Å². The summed E-state index contributed by atoms with van der Waals surface area (Å²) in [5.41, 5.74) is 2.34. The maximum Gasteiger partial charge on any atom is 0.409 e. The van der Waals surface area contributed by atoms with Crippen molar-refractivity contribution in [3.05, 3.63) is 51.8 Å². The average molecular weight is 412 g/mol. The molecule has 1 saturated heterocycles. The number of aromatic nitrogens is 2. The maximum atomic E-state index is 12.0. The molecule has 1 aromatic heterocycles. The lowest BCUT2D eigenvalue weighted by Crippen LogP contribution is -2.49. The van der Waals surface area contributed by atoms with Crippen molar-refractivity contribution in [1.82, 2.24) is 14.9 Å². The smallest absolute Gasteiger partial charge is 0.409 e. The average Bonchev–Trinajstić information content (AvgIpc) is 2.78. The Morgan fingerprint density at radius 2 is 1.73 bits per heavy atom. The van der Waals surface area contributed by atoms with Gasteiger partial charge in [0.25, 0.3) is 0 Å². The summed E-state index contributed by atoms with van der Waals surface area (Å²) in [6, 6.07) is 8.13. The van der Waals surface area contributed by atoms with Crippen molar-refractivity contribution in [3.8, 4) is 0 Å². The summed E-state index contributed by atoms with van der Waals surface area (Å²) in [5.74, 6) is 0.639. The van der Waals surface area contributed by atoms with Gasteiger partial charge in [0.05, 0.1) is 11.5 Å². The Bertz CT molecular complexity index is 945. The van der Waals surface area contributed by atoms with Crippen LogP contribution in [0, 0.1) is 10.1 Å². The van der Waals surface area contributed by atoms with Gasteiger partial charge < -0.3 is 19.4 Å². The number of carbonyl (C=O) groups is 1. The summed E-state index contributed by atoms with van der Waals surface area (Å²) in [7, 11) is 0. The van der Waals surface area contributed by atoms with Crippen LogP contribution in [0.4, 0.5) is 22.1 Å². The summed E-state index contributed by atoms with van der Waals surface area (Å²) < 4.78 is 5.04. The highest BCUT2D eigenvalue weighted by molar-refractivity contribution is 5.72. The van der Waals surface area contributed by atoms with Crippen LogP contribution in [-0.4, -0.2) is 65.2 Å². The monoisotopic (exact) mass is 412 g/mol. The molecule has 1 amide bonds. The third-order valence-corrected chi connectivity index (χ3v) is 5.50. The van der Waals surface area contributed by atoms with Crippen LogP contribution in [0.5, 0.6) is 0 Å². The highest BCUT2D eigenvalue weighted by Crippen LogP contribution is 2.36. The minimum Gasteiger partial charge on any atom is -0.450 e. The summed E-state index contributed by atoms with van der Waals surface area (Å²) in [6.45, 7) is 5.05. The van der Waals surface area contributed by atoms with Crippen LogP contribution >= 0.6 is 0 Å². The molecule has 0 bridgehead atoms. The van der Waals surface area contributed by atoms with E-state index in [0.717, 1.165) is 12.0 Å². The van der Waals surface area contributed by atoms with Crippen molar-refractivity contribution in [2.75, 3.05) is 49.1 Å². The molecule has 10 nitrogen and oxygen atoms in total. The molecule has 0 saturated carbocycles. The standard InChI is InChI=1S/C20H24N6O4/c1-2-30-20(27)24-11-9-23(10-12-24)18-17(26(28)29)19(22-14-21-18)25-8-7-15-5-3-4-6-16(15)13-25/h3-6,14H,2,7-13H2,1H3. The molecule has 3 heterocycles. The van der Waals surface area contributed by atoms with Gasteiger partial charge in [-0.3, -0.25) is 10.1 Å². The van der Waals surface area contributed by atoms with Crippen LogP contribution in [-0.2, 0) is 17.7 Å². The van der Waals surface area contributed by atoms with Crippen LogP contribution in [0.25, 0.3) is 0 Å². The third-order valence-electron chi connectivity index (χ3n) is 5.50. The first-order valence-electron chi connectivity index (χ1n) is 10.1. The number of benzene rings is 1. The molecule has 0 unspecified atom stereocenters. The summed E-state index contributed by atoms with van der Waals surface area (Å²) >= 11 is 0. The second-order valence-electron chi connectivity index (χ2n) is 7.24. The molecule has 0 aliphatic carbocycles. The van der Waals surface area contributed by atoms with Gasteiger partial charge in [0.15, 0.2) is 0 Å². The zero-order valence-corrected chi connectivity index (χ0v) is 16.9. The number of ether oxygens (including phenoxy) is 1. The maximum absolute atomic E-state index is 12.0. The zero-order valence-electron chi connectivity index (χ0n) is 16.9. The third kappa shape index (κ3) is 3.85. The van der Waals surface area contributed by atoms with E-state index in [1.807, 2.05) is 28.0 Å². The van der Waals surface area contributed by atoms with Crippen LogP contribution in [0.1, 0.15) is 18.1 Å². The van der Waals surface area contributed by atoms with E-state index in [-0.39, 0.29) is 11.8 Å². The van der Waals surface area contributed by atoms with Gasteiger partial charge in [-0.2, -0.15) is 0 Å². The predicted molar refractivity (Wildman–Crippen MR) is 111 cm³/mol. The fraction of sp³-hybridized carbons (Fsp3) is 0.450. The lowest BCUT2D eigenvalue weighted by molar-refractivity contribution is -0.383. The highest BCUT2D eigenvalue weighted by atomic mass is 16.6. The predicted octanol–water partition coefficient (Wildman–Crippen LogP) is 2.23. The Hall–Kier alpha value is -3.43. The minimum atomic E-state index is -0.400. The summed E-state index contributed by atoms with van der Waals surface area (Å²) in [6.07, 6.45) is 1.84. The van der Waals surface area contributed by atoms with Crippen molar-refractivity contribution >= 4 is 23.4 Å². The van der Waals surface area contributed by atoms with Gasteiger partial charge in [0, 0.05) is 39.3 Å². The number of hydrogen-bond acceptors (Lipinski definition) is 8. The highest BCUT2D eigenvalue weighted by Gasteiger charge is 2.33. The molecule has 4 rings (SSSR count). The number of amides is 1. The molecular weight excluding hydrogens is 388 g/mol. The van der Waals surface area contributed by atoms with Gasteiger partial charge in [0.1, 0.15) is 6.33 Å². The van der Waals surface area contributed by atoms with Crippen LogP contribution in [0.2, 0.25) is 0 Å². The first-order chi connectivity index (χ1) is 14.6. The van der Waals surface area contributed by atoms with Gasteiger partial charge in [-0.1, -0.05) is 24.3 Å². The lowest BCUT2D eigenvalue weighted by Gasteiger charge is -2.35. The largest absolute Gasteiger partial charge is 0.450 e. The number of carbonyl (C=O) groups excluding carboxylic acids is 1. The summed E-state index contributed by atoms with van der Waals surface area (Å²) in [5, 5.41) is 12.0. The van der Waals surface area contributed by atoms with Crippen molar-refractivity contribution < 1.29 is 14.5 Å². The number of nitrogens with zero attached hydrogens (tertiary/aromatic N) is 6. The molecule has 158 valence electrons. The quantitative estimate of drug-likeness (QED) is 0.556. The Kier molecular flexibility index (Phi) is 5.64. The Morgan fingerprint density at radius 3 is 2.40 bits per heavy atom.